The third kappa shape index (κ3) is 7.10. The second-order valence-corrected chi connectivity index (χ2v) is 7.75. The zero-order valence-corrected chi connectivity index (χ0v) is 15.5. The van der Waals surface area contributed by atoms with Crippen LogP contribution in [0.3, 0.4) is 0 Å². The van der Waals surface area contributed by atoms with Gasteiger partial charge in [0.05, 0.1) is 5.75 Å². The predicted octanol–water partition coefficient (Wildman–Crippen LogP) is 1.67. The fourth-order valence-electron chi connectivity index (χ4n) is 2.72. The van der Waals surface area contributed by atoms with Crippen LogP contribution in [0, 0.1) is 6.92 Å². The summed E-state index contributed by atoms with van der Waals surface area (Å²) < 4.78 is 66.1. The van der Waals surface area contributed by atoms with Crippen LogP contribution >= 0.6 is 12.4 Å². The van der Waals surface area contributed by atoms with Gasteiger partial charge in [0.25, 0.3) is 0 Å². The van der Waals surface area contributed by atoms with Gasteiger partial charge in [0.2, 0.25) is 10.0 Å². The highest BCUT2D eigenvalue weighted by molar-refractivity contribution is 7.88. The predicted molar refractivity (Wildman–Crippen MR) is 93.3 cm³/mol. The Morgan fingerprint density at radius 1 is 1.28 bits per heavy atom. The number of sulfonamides is 1. The first kappa shape index (κ1) is 22.2. The van der Waals surface area contributed by atoms with Crippen LogP contribution in [0.1, 0.15) is 11.1 Å². The van der Waals surface area contributed by atoms with E-state index in [0.717, 1.165) is 5.56 Å². The van der Waals surface area contributed by atoms with Crippen molar-refractivity contribution in [3.63, 3.8) is 0 Å². The van der Waals surface area contributed by atoms with Crippen molar-refractivity contribution in [1.82, 2.24) is 14.9 Å². The third-order valence-electron chi connectivity index (χ3n) is 3.91. The molecule has 1 unspecified atom stereocenters. The minimum absolute atomic E-state index is 0. The van der Waals surface area contributed by atoms with Crippen LogP contribution < -0.4 is 10.0 Å². The molecular formula is C15H23ClF3N3O2S. The molecule has 2 N–H and O–H groups in total. The number of nitrogens with one attached hydrogen (secondary N) is 2. The van der Waals surface area contributed by atoms with Crippen LogP contribution in [0.25, 0.3) is 0 Å². The normalized spacial score (nSPS) is 17.8. The fraction of sp³-hybridized carbons (Fsp3) is 0.600. The molecule has 0 aliphatic carbocycles. The first-order valence-corrected chi connectivity index (χ1v) is 9.37. The Morgan fingerprint density at radius 2 is 1.92 bits per heavy atom. The Labute approximate surface area is 152 Å². The second-order valence-electron chi connectivity index (χ2n) is 5.94. The maximum atomic E-state index is 13.3. The zero-order valence-electron chi connectivity index (χ0n) is 13.8. The molecule has 0 saturated carbocycles. The Hall–Kier alpha value is -0.870. The highest BCUT2D eigenvalue weighted by atomic mass is 35.5. The summed E-state index contributed by atoms with van der Waals surface area (Å²) in [6.07, 6.45) is -4.48. The van der Waals surface area contributed by atoms with Crippen molar-refractivity contribution < 1.29 is 21.6 Å². The summed E-state index contributed by atoms with van der Waals surface area (Å²) in [6, 6.07) is 5.08. The van der Waals surface area contributed by atoms with E-state index in [4.69, 9.17) is 0 Å². The minimum atomic E-state index is -4.48. The van der Waals surface area contributed by atoms with E-state index in [9.17, 15) is 21.6 Å². The molecule has 5 nitrogen and oxygen atoms in total. The van der Waals surface area contributed by atoms with E-state index in [1.54, 1.807) is 18.2 Å². The molecule has 25 heavy (non-hydrogen) atoms. The number of hydrogen-bond donors (Lipinski definition) is 2. The molecular weight excluding hydrogens is 379 g/mol. The van der Waals surface area contributed by atoms with E-state index in [1.807, 2.05) is 13.0 Å². The molecule has 1 aromatic rings. The van der Waals surface area contributed by atoms with Crippen LogP contribution in [0.4, 0.5) is 13.2 Å². The van der Waals surface area contributed by atoms with Gasteiger partial charge in [-0.15, -0.1) is 12.4 Å². The molecule has 0 amide bonds. The molecule has 144 valence electrons. The van der Waals surface area contributed by atoms with Gasteiger partial charge in [0.15, 0.2) is 0 Å². The number of benzene rings is 1. The van der Waals surface area contributed by atoms with Crippen molar-refractivity contribution in [3.8, 4) is 0 Å². The molecule has 2 rings (SSSR count). The Bertz CT molecular complexity index is 650. The molecule has 1 fully saturated rings. The van der Waals surface area contributed by atoms with Crippen LogP contribution in [0.5, 0.6) is 0 Å². The molecule has 1 aromatic carbocycles. The van der Waals surface area contributed by atoms with E-state index in [2.05, 4.69) is 10.0 Å². The molecule has 1 heterocycles. The van der Waals surface area contributed by atoms with Gasteiger partial charge in [0.1, 0.15) is 6.04 Å². The maximum absolute atomic E-state index is 13.3. The molecule has 1 aliphatic rings. The second kappa shape index (κ2) is 9.18. The lowest BCUT2D eigenvalue weighted by atomic mass is 10.2. The minimum Gasteiger partial charge on any atom is -0.314 e. The van der Waals surface area contributed by atoms with E-state index in [-0.39, 0.29) is 31.2 Å². The Balaban J connectivity index is 0.00000312. The SMILES string of the molecule is Cc1cccc(CS(=O)(=O)NCC(N2CCNCC2)C(F)(F)F)c1.Cl. The van der Waals surface area contributed by atoms with Crippen molar-refractivity contribution in [3.05, 3.63) is 35.4 Å². The molecule has 0 bridgehead atoms. The molecule has 0 aromatic heterocycles. The van der Waals surface area contributed by atoms with Crippen molar-refractivity contribution in [2.75, 3.05) is 32.7 Å². The van der Waals surface area contributed by atoms with Gasteiger partial charge >= 0.3 is 6.18 Å². The third-order valence-corrected chi connectivity index (χ3v) is 5.23. The van der Waals surface area contributed by atoms with Gasteiger partial charge in [-0.1, -0.05) is 29.8 Å². The van der Waals surface area contributed by atoms with Gasteiger partial charge in [0, 0.05) is 32.7 Å². The van der Waals surface area contributed by atoms with E-state index < -0.39 is 28.8 Å². The molecule has 1 saturated heterocycles. The number of alkyl halides is 3. The molecule has 1 atom stereocenters. The summed E-state index contributed by atoms with van der Waals surface area (Å²) >= 11 is 0. The number of aryl methyl sites for hydroxylation is 1. The summed E-state index contributed by atoms with van der Waals surface area (Å²) in [5.74, 6) is -0.333. The van der Waals surface area contributed by atoms with Crippen molar-refractivity contribution in [1.29, 1.82) is 0 Å². The monoisotopic (exact) mass is 401 g/mol. The molecule has 0 radical (unpaired) electrons. The first-order valence-electron chi connectivity index (χ1n) is 7.72. The number of piperazine rings is 1. The van der Waals surface area contributed by atoms with Gasteiger partial charge in [-0.25, -0.2) is 13.1 Å². The summed E-state index contributed by atoms with van der Waals surface area (Å²) in [6.45, 7) is 2.56. The van der Waals surface area contributed by atoms with Crippen molar-refractivity contribution in [2.24, 2.45) is 0 Å². The van der Waals surface area contributed by atoms with Gasteiger partial charge in [-0.05, 0) is 12.5 Å². The Kier molecular flexibility index (Phi) is 8.14. The maximum Gasteiger partial charge on any atom is 0.405 e. The summed E-state index contributed by atoms with van der Waals surface area (Å²) in [7, 11) is -3.84. The van der Waals surface area contributed by atoms with E-state index >= 15 is 0 Å². The number of rotatable bonds is 6. The van der Waals surface area contributed by atoms with Crippen LogP contribution in [-0.2, 0) is 15.8 Å². The standard InChI is InChI=1S/C15H22F3N3O2S.ClH/c1-12-3-2-4-13(9-12)11-24(22,23)20-10-14(15(16,17)18)21-7-5-19-6-8-21;/h2-4,9,14,19-20H,5-8,10-11H2,1H3;1H. The number of nitrogens with zero attached hydrogens (tertiary/aromatic N) is 1. The quantitative estimate of drug-likeness (QED) is 0.761. The summed E-state index contributed by atoms with van der Waals surface area (Å²) in [4.78, 5) is 1.27. The van der Waals surface area contributed by atoms with Gasteiger partial charge in [-0.2, -0.15) is 13.2 Å². The highest BCUT2D eigenvalue weighted by Crippen LogP contribution is 2.25. The summed E-state index contributed by atoms with van der Waals surface area (Å²) in [5.41, 5.74) is 1.45. The van der Waals surface area contributed by atoms with Crippen LogP contribution in [-0.4, -0.2) is 58.3 Å². The zero-order chi connectivity index (χ0) is 17.8. The largest absolute Gasteiger partial charge is 0.405 e. The van der Waals surface area contributed by atoms with Crippen molar-refractivity contribution >= 4 is 22.4 Å². The smallest absolute Gasteiger partial charge is 0.314 e. The topological polar surface area (TPSA) is 61.4 Å². The average molecular weight is 402 g/mol. The lowest BCUT2D eigenvalue weighted by molar-refractivity contribution is -0.182. The lowest BCUT2D eigenvalue weighted by Gasteiger charge is -2.35. The molecule has 10 heteroatoms. The Morgan fingerprint density at radius 3 is 2.48 bits per heavy atom. The van der Waals surface area contributed by atoms with Crippen molar-refractivity contribution in [2.45, 2.75) is 24.9 Å². The van der Waals surface area contributed by atoms with Gasteiger partial charge < -0.3 is 5.32 Å². The van der Waals surface area contributed by atoms with Crippen LogP contribution in [0.15, 0.2) is 24.3 Å². The highest BCUT2D eigenvalue weighted by Gasteiger charge is 2.44. The van der Waals surface area contributed by atoms with Crippen LogP contribution in [0.2, 0.25) is 0 Å². The summed E-state index contributed by atoms with van der Waals surface area (Å²) in [5, 5.41) is 2.98. The fourth-order valence-corrected chi connectivity index (χ4v) is 3.86. The first-order chi connectivity index (χ1) is 11.2. The van der Waals surface area contributed by atoms with Gasteiger partial charge in [-0.3, -0.25) is 4.90 Å². The lowest BCUT2D eigenvalue weighted by Crippen LogP contribution is -2.57. The number of halogens is 4. The molecule has 0 spiro atoms. The van der Waals surface area contributed by atoms with E-state index in [1.165, 1.54) is 4.90 Å². The number of hydrogen-bond acceptors (Lipinski definition) is 4. The average Bonchev–Trinajstić information content (AvgIpc) is 2.46. The van der Waals surface area contributed by atoms with E-state index in [0.29, 0.717) is 18.7 Å². The molecule has 1 aliphatic heterocycles.